The molecule has 0 bridgehead atoms. The van der Waals surface area contributed by atoms with Crippen LogP contribution in [0.5, 0.6) is 0 Å². The first-order valence-electron chi connectivity index (χ1n) is 6.19. The third kappa shape index (κ3) is 4.03. The standard InChI is InChI=1S/C14H14FN3OS/c1-2-13(19)16-12-7-8-14(18-17-12)20-9-10-5-3-4-6-11(10)15/h3-8H,2,9H2,1H3,(H,16,17,19). The number of rotatable bonds is 5. The largest absolute Gasteiger partial charge is 0.309 e. The lowest BCUT2D eigenvalue weighted by Crippen LogP contribution is -2.11. The minimum absolute atomic E-state index is 0.106. The number of anilines is 1. The molecule has 0 aliphatic rings. The minimum atomic E-state index is -0.222. The Balaban J connectivity index is 1.94. The predicted octanol–water partition coefficient (Wildman–Crippen LogP) is 3.26. The number of nitrogens with one attached hydrogen (secondary N) is 1. The Kier molecular flexibility index (Phi) is 5.06. The van der Waals surface area contributed by atoms with Crippen LogP contribution in [0.1, 0.15) is 18.9 Å². The summed E-state index contributed by atoms with van der Waals surface area (Å²) in [6.45, 7) is 1.77. The summed E-state index contributed by atoms with van der Waals surface area (Å²) in [4.78, 5) is 11.2. The van der Waals surface area contributed by atoms with Crippen LogP contribution in [-0.4, -0.2) is 16.1 Å². The lowest BCUT2D eigenvalue weighted by atomic mass is 10.2. The van der Waals surface area contributed by atoms with Gasteiger partial charge in [-0.15, -0.1) is 10.2 Å². The van der Waals surface area contributed by atoms with Crippen molar-refractivity contribution in [2.24, 2.45) is 0 Å². The third-order valence-corrected chi connectivity index (χ3v) is 3.53. The summed E-state index contributed by atoms with van der Waals surface area (Å²) in [5.74, 6) is 0.583. The first-order valence-corrected chi connectivity index (χ1v) is 7.17. The minimum Gasteiger partial charge on any atom is -0.309 e. The van der Waals surface area contributed by atoms with E-state index in [-0.39, 0.29) is 11.7 Å². The van der Waals surface area contributed by atoms with Crippen molar-refractivity contribution >= 4 is 23.5 Å². The van der Waals surface area contributed by atoms with E-state index in [9.17, 15) is 9.18 Å². The summed E-state index contributed by atoms with van der Waals surface area (Å²) in [6.07, 6.45) is 0.394. The van der Waals surface area contributed by atoms with Crippen molar-refractivity contribution in [3.05, 3.63) is 47.8 Å². The van der Waals surface area contributed by atoms with E-state index in [1.807, 2.05) is 0 Å². The Morgan fingerprint density at radius 1 is 1.25 bits per heavy atom. The molecule has 2 rings (SSSR count). The molecule has 104 valence electrons. The van der Waals surface area contributed by atoms with Crippen molar-refractivity contribution in [3.8, 4) is 0 Å². The van der Waals surface area contributed by atoms with Crippen LogP contribution in [0.15, 0.2) is 41.4 Å². The Labute approximate surface area is 120 Å². The first-order chi connectivity index (χ1) is 9.69. The number of thioether (sulfide) groups is 1. The quantitative estimate of drug-likeness (QED) is 0.859. The van der Waals surface area contributed by atoms with Crippen LogP contribution < -0.4 is 5.32 Å². The van der Waals surface area contributed by atoms with Crippen LogP contribution in [-0.2, 0) is 10.5 Å². The molecular formula is C14H14FN3OS. The highest BCUT2D eigenvalue weighted by Gasteiger charge is 2.04. The molecule has 0 spiro atoms. The summed E-state index contributed by atoms with van der Waals surface area (Å²) >= 11 is 1.39. The topological polar surface area (TPSA) is 54.9 Å². The zero-order valence-corrected chi connectivity index (χ0v) is 11.8. The molecule has 0 aliphatic carbocycles. The van der Waals surface area contributed by atoms with Gasteiger partial charge in [0.2, 0.25) is 5.91 Å². The number of hydrogen-bond donors (Lipinski definition) is 1. The maximum atomic E-state index is 13.4. The molecule has 0 radical (unpaired) electrons. The van der Waals surface area contributed by atoms with Gasteiger partial charge < -0.3 is 5.32 Å². The zero-order valence-electron chi connectivity index (χ0n) is 11.0. The fourth-order valence-electron chi connectivity index (χ4n) is 1.46. The molecule has 4 nitrogen and oxygen atoms in total. The highest BCUT2D eigenvalue weighted by Crippen LogP contribution is 2.22. The normalized spacial score (nSPS) is 10.3. The number of aromatic nitrogens is 2. The van der Waals surface area contributed by atoms with E-state index >= 15 is 0 Å². The number of carbonyl (C=O) groups excluding carboxylic acids is 1. The molecule has 6 heteroatoms. The smallest absolute Gasteiger partial charge is 0.225 e. The van der Waals surface area contributed by atoms with Gasteiger partial charge in [-0.2, -0.15) is 0 Å². The summed E-state index contributed by atoms with van der Waals surface area (Å²) < 4.78 is 13.4. The molecule has 1 aromatic heterocycles. The van der Waals surface area contributed by atoms with Crippen molar-refractivity contribution in [1.82, 2.24) is 10.2 Å². The number of carbonyl (C=O) groups is 1. The molecule has 1 heterocycles. The molecular weight excluding hydrogens is 277 g/mol. The Bertz CT molecular complexity index is 589. The second kappa shape index (κ2) is 7.00. The molecule has 1 aromatic carbocycles. The average Bonchev–Trinajstić information content (AvgIpc) is 2.48. The van der Waals surface area contributed by atoms with E-state index in [0.717, 1.165) is 0 Å². The van der Waals surface area contributed by atoms with E-state index in [1.54, 1.807) is 37.3 Å². The fourth-order valence-corrected chi connectivity index (χ4v) is 2.26. The number of amides is 1. The highest BCUT2D eigenvalue weighted by atomic mass is 32.2. The molecule has 0 saturated carbocycles. The Hall–Kier alpha value is -1.95. The number of benzene rings is 1. The van der Waals surface area contributed by atoms with Crippen LogP contribution in [0, 0.1) is 5.82 Å². The highest BCUT2D eigenvalue weighted by molar-refractivity contribution is 7.98. The molecule has 0 fully saturated rings. The molecule has 0 unspecified atom stereocenters. The van der Waals surface area contributed by atoms with E-state index in [0.29, 0.717) is 28.6 Å². The van der Waals surface area contributed by atoms with Gasteiger partial charge in [0.15, 0.2) is 5.82 Å². The van der Waals surface area contributed by atoms with Crippen LogP contribution in [0.4, 0.5) is 10.2 Å². The first kappa shape index (κ1) is 14.5. The summed E-state index contributed by atoms with van der Waals surface area (Å²) in [6, 6.07) is 10.1. The maximum Gasteiger partial charge on any atom is 0.225 e. The van der Waals surface area contributed by atoms with E-state index in [2.05, 4.69) is 15.5 Å². The SMILES string of the molecule is CCC(=O)Nc1ccc(SCc2ccccc2F)nn1. The number of nitrogens with zero attached hydrogens (tertiary/aromatic N) is 2. The van der Waals surface area contributed by atoms with Crippen molar-refractivity contribution in [2.45, 2.75) is 24.1 Å². The van der Waals surface area contributed by atoms with Crippen molar-refractivity contribution in [1.29, 1.82) is 0 Å². The van der Waals surface area contributed by atoms with E-state index in [4.69, 9.17) is 0 Å². The average molecular weight is 291 g/mol. The van der Waals surface area contributed by atoms with Gasteiger partial charge >= 0.3 is 0 Å². The molecule has 20 heavy (non-hydrogen) atoms. The molecule has 0 atom stereocenters. The van der Waals surface area contributed by atoms with Gasteiger partial charge in [0.25, 0.3) is 0 Å². The van der Waals surface area contributed by atoms with E-state index < -0.39 is 0 Å². The van der Waals surface area contributed by atoms with Crippen molar-refractivity contribution < 1.29 is 9.18 Å². The van der Waals surface area contributed by atoms with Gasteiger partial charge in [0.05, 0.1) is 0 Å². The van der Waals surface area contributed by atoms with Crippen LogP contribution >= 0.6 is 11.8 Å². The third-order valence-electron chi connectivity index (χ3n) is 2.56. The summed E-state index contributed by atoms with van der Waals surface area (Å²) in [7, 11) is 0. The monoisotopic (exact) mass is 291 g/mol. The summed E-state index contributed by atoms with van der Waals surface area (Å²) in [5, 5.41) is 11.2. The van der Waals surface area contributed by atoms with Gasteiger partial charge in [-0.05, 0) is 23.8 Å². The second-order valence-electron chi connectivity index (χ2n) is 4.04. The van der Waals surface area contributed by atoms with E-state index in [1.165, 1.54) is 17.8 Å². The Morgan fingerprint density at radius 2 is 2.05 bits per heavy atom. The van der Waals surface area contributed by atoms with Crippen LogP contribution in [0.2, 0.25) is 0 Å². The van der Waals surface area contributed by atoms with Gasteiger partial charge in [0, 0.05) is 12.2 Å². The summed E-state index contributed by atoms with van der Waals surface area (Å²) in [5.41, 5.74) is 0.627. The number of halogens is 1. The fraction of sp³-hybridized carbons (Fsp3) is 0.214. The molecule has 0 saturated heterocycles. The van der Waals surface area contributed by atoms with Crippen molar-refractivity contribution in [3.63, 3.8) is 0 Å². The lowest BCUT2D eigenvalue weighted by Gasteiger charge is -2.04. The van der Waals surface area contributed by atoms with Gasteiger partial charge in [-0.25, -0.2) is 4.39 Å². The van der Waals surface area contributed by atoms with Crippen molar-refractivity contribution in [2.75, 3.05) is 5.32 Å². The molecule has 1 N–H and O–H groups in total. The van der Waals surface area contributed by atoms with Gasteiger partial charge in [-0.3, -0.25) is 4.79 Å². The van der Waals surface area contributed by atoms with Crippen LogP contribution in [0.25, 0.3) is 0 Å². The molecule has 1 amide bonds. The number of hydrogen-bond acceptors (Lipinski definition) is 4. The molecule has 0 aliphatic heterocycles. The predicted molar refractivity (Wildman–Crippen MR) is 76.9 cm³/mol. The van der Waals surface area contributed by atoms with Gasteiger partial charge in [0.1, 0.15) is 10.8 Å². The van der Waals surface area contributed by atoms with Crippen LogP contribution in [0.3, 0.4) is 0 Å². The maximum absolute atomic E-state index is 13.4. The lowest BCUT2D eigenvalue weighted by molar-refractivity contribution is -0.115. The molecule has 2 aromatic rings. The zero-order chi connectivity index (χ0) is 14.4. The van der Waals surface area contributed by atoms with Gasteiger partial charge in [-0.1, -0.05) is 36.9 Å². The Morgan fingerprint density at radius 3 is 2.70 bits per heavy atom. The second-order valence-corrected chi connectivity index (χ2v) is 5.03.